The van der Waals surface area contributed by atoms with Crippen molar-refractivity contribution in [3.8, 4) is 5.75 Å². The van der Waals surface area contributed by atoms with Crippen molar-refractivity contribution in [3.63, 3.8) is 0 Å². The highest BCUT2D eigenvalue weighted by Gasteiger charge is 2.29. The first-order valence-electron chi connectivity index (χ1n) is 13.4. The highest BCUT2D eigenvalue weighted by atomic mass is 19.1. The van der Waals surface area contributed by atoms with Crippen LogP contribution in [0.3, 0.4) is 0 Å². The number of carbonyl (C=O) groups excluding carboxylic acids is 1. The van der Waals surface area contributed by atoms with Gasteiger partial charge in [0.15, 0.2) is 0 Å². The number of hydrogen-bond donors (Lipinski definition) is 0. The summed E-state index contributed by atoms with van der Waals surface area (Å²) >= 11 is 0. The number of hydrogen-bond acceptors (Lipinski definition) is 2. The predicted octanol–water partition coefficient (Wildman–Crippen LogP) is 8.70. The van der Waals surface area contributed by atoms with Crippen LogP contribution in [0.25, 0.3) is 0 Å². The molecule has 194 valence electrons. The Morgan fingerprint density at radius 1 is 0.973 bits per heavy atom. The molecule has 2 nitrogen and oxygen atoms in total. The molecule has 3 aromatic carbocycles. The maximum Gasteiger partial charge on any atom is 0.314 e. The average molecular weight is 503 g/mol. The molecule has 1 aliphatic carbocycles. The Morgan fingerprint density at radius 3 is 2.24 bits per heavy atom. The molecule has 0 aromatic heterocycles. The van der Waals surface area contributed by atoms with Crippen LogP contribution in [0.15, 0.2) is 78.9 Å². The smallest absolute Gasteiger partial charge is 0.314 e. The van der Waals surface area contributed by atoms with Crippen LogP contribution in [-0.4, -0.2) is 5.97 Å². The first-order chi connectivity index (χ1) is 17.9. The Hall–Kier alpha value is -3.27. The van der Waals surface area contributed by atoms with Crippen LogP contribution < -0.4 is 4.74 Å². The van der Waals surface area contributed by atoms with Crippen LogP contribution in [0.1, 0.15) is 80.0 Å². The fourth-order valence-corrected chi connectivity index (χ4v) is 5.26. The van der Waals surface area contributed by atoms with Crippen LogP contribution in [0.2, 0.25) is 0 Å². The highest BCUT2D eigenvalue weighted by molar-refractivity contribution is 5.75. The predicted molar refractivity (Wildman–Crippen MR) is 145 cm³/mol. The van der Waals surface area contributed by atoms with Crippen LogP contribution in [0, 0.1) is 17.6 Å². The van der Waals surface area contributed by atoms with Crippen LogP contribution in [0.5, 0.6) is 5.75 Å². The largest absolute Gasteiger partial charge is 0.426 e. The van der Waals surface area contributed by atoms with Crippen molar-refractivity contribution in [1.29, 1.82) is 0 Å². The van der Waals surface area contributed by atoms with Crippen molar-refractivity contribution in [2.75, 3.05) is 0 Å². The molecular weight excluding hydrogens is 466 g/mol. The molecule has 1 atom stereocenters. The van der Waals surface area contributed by atoms with Gasteiger partial charge in [0, 0.05) is 5.56 Å². The van der Waals surface area contributed by atoms with Gasteiger partial charge >= 0.3 is 5.97 Å². The third-order valence-electron chi connectivity index (χ3n) is 7.55. The summed E-state index contributed by atoms with van der Waals surface area (Å²) in [7, 11) is 0. The second-order valence-electron chi connectivity index (χ2n) is 10.2. The zero-order valence-corrected chi connectivity index (χ0v) is 21.8. The topological polar surface area (TPSA) is 26.3 Å². The first kappa shape index (κ1) is 26.8. The van der Waals surface area contributed by atoms with Gasteiger partial charge in [0.2, 0.25) is 0 Å². The second kappa shape index (κ2) is 12.8. The normalized spacial score (nSPS) is 18.6. The summed E-state index contributed by atoms with van der Waals surface area (Å²) < 4.78 is 35.6. The van der Waals surface area contributed by atoms with Gasteiger partial charge in [-0.25, -0.2) is 8.78 Å². The van der Waals surface area contributed by atoms with E-state index < -0.39 is 11.6 Å². The zero-order chi connectivity index (χ0) is 26.2. The first-order valence-corrected chi connectivity index (χ1v) is 13.4. The van der Waals surface area contributed by atoms with E-state index in [4.69, 9.17) is 4.74 Å². The number of allylic oxidation sites excluding steroid dienone is 2. The lowest BCUT2D eigenvalue weighted by Crippen LogP contribution is -2.25. The van der Waals surface area contributed by atoms with Gasteiger partial charge in [-0.15, -0.1) is 0 Å². The molecule has 0 radical (unpaired) electrons. The van der Waals surface area contributed by atoms with Gasteiger partial charge in [0.05, 0.1) is 5.92 Å². The summed E-state index contributed by atoms with van der Waals surface area (Å²) in [6, 6.07) is 20.5. The Labute approximate surface area is 219 Å². The third kappa shape index (κ3) is 7.15. The summed E-state index contributed by atoms with van der Waals surface area (Å²) in [5, 5.41) is 0. The van der Waals surface area contributed by atoms with E-state index in [0.717, 1.165) is 18.4 Å². The molecule has 0 bridgehead atoms. The van der Waals surface area contributed by atoms with Gasteiger partial charge in [0.25, 0.3) is 0 Å². The Bertz CT molecular complexity index is 1170. The Balaban J connectivity index is 1.31. The van der Waals surface area contributed by atoms with Gasteiger partial charge in [-0.1, -0.05) is 61.5 Å². The van der Waals surface area contributed by atoms with Gasteiger partial charge < -0.3 is 4.74 Å². The van der Waals surface area contributed by atoms with Crippen molar-refractivity contribution in [2.24, 2.45) is 5.92 Å². The number of carbonyl (C=O) groups is 1. The number of esters is 1. The highest BCUT2D eigenvalue weighted by Crippen LogP contribution is 2.38. The van der Waals surface area contributed by atoms with Crippen LogP contribution >= 0.6 is 0 Å². The lowest BCUT2D eigenvalue weighted by atomic mass is 9.78. The van der Waals surface area contributed by atoms with Gasteiger partial charge in [-0.2, -0.15) is 0 Å². The molecule has 1 saturated carbocycles. The summed E-state index contributed by atoms with van der Waals surface area (Å²) in [4.78, 5) is 12.7. The molecule has 1 fully saturated rings. The van der Waals surface area contributed by atoms with Crippen LogP contribution in [-0.2, 0) is 17.6 Å². The van der Waals surface area contributed by atoms with Crippen molar-refractivity contribution in [2.45, 2.75) is 70.6 Å². The Kier molecular flexibility index (Phi) is 9.27. The minimum absolute atomic E-state index is 0.0203. The fourth-order valence-electron chi connectivity index (χ4n) is 5.26. The molecule has 0 unspecified atom stereocenters. The summed E-state index contributed by atoms with van der Waals surface area (Å²) in [6.07, 6.45) is 9.16. The molecule has 0 N–H and O–H groups in total. The molecule has 1 aliphatic rings. The van der Waals surface area contributed by atoms with Gasteiger partial charge in [-0.3, -0.25) is 4.79 Å². The number of halogens is 2. The van der Waals surface area contributed by atoms with Gasteiger partial charge in [-0.05, 0) is 105 Å². The van der Waals surface area contributed by atoms with E-state index in [0.29, 0.717) is 43.4 Å². The lowest BCUT2D eigenvalue weighted by Gasteiger charge is -2.28. The minimum atomic E-state index is -0.478. The van der Waals surface area contributed by atoms with E-state index in [1.54, 1.807) is 0 Å². The summed E-state index contributed by atoms with van der Waals surface area (Å²) in [5.74, 6) is -0.737. The summed E-state index contributed by atoms with van der Waals surface area (Å²) in [6.45, 7) is 4.00. The van der Waals surface area contributed by atoms with E-state index in [2.05, 4.69) is 6.08 Å². The maximum atomic E-state index is 15.0. The maximum absolute atomic E-state index is 15.0. The van der Waals surface area contributed by atoms with E-state index >= 15 is 0 Å². The van der Waals surface area contributed by atoms with Crippen molar-refractivity contribution in [1.82, 2.24) is 0 Å². The fraction of sp³-hybridized carbons (Fsp3) is 0.364. The standard InChI is InChI=1S/C33H36F2O2/c1-3-4-6-9-24-12-18-29(19-13-24)37-33(36)27-16-14-26(15-17-27)28-21-31(34)30(32(35)22-28)20-23(2)25-10-7-5-8-11-25/h3-5,7-8,10-13,18-19,21-23,26-27H,6,9,14-17,20H2,1-2H3/t23-,26?,27?/m1/s1. The molecule has 0 amide bonds. The van der Waals surface area contributed by atoms with Gasteiger partial charge in [0.1, 0.15) is 17.4 Å². The zero-order valence-electron chi connectivity index (χ0n) is 21.8. The van der Waals surface area contributed by atoms with E-state index in [-0.39, 0.29) is 29.3 Å². The second-order valence-corrected chi connectivity index (χ2v) is 10.2. The summed E-state index contributed by atoms with van der Waals surface area (Å²) in [5.41, 5.74) is 3.10. The molecule has 0 aliphatic heterocycles. The molecule has 3 aromatic rings. The molecule has 0 heterocycles. The molecule has 37 heavy (non-hydrogen) atoms. The number of rotatable bonds is 9. The molecular formula is C33H36F2O2. The van der Waals surface area contributed by atoms with Crippen LogP contribution in [0.4, 0.5) is 8.78 Å². The van der Waals surface area contributed by atoms with E-state index in [1.807, 2.05) is 74.5 Å². The lowest BCUT2D eigenvalue weighted by molar-refractivity contribution is -0.140. The molecule has 0 spiro atoms. The SMILES string of the molecule is CC=CCCc1ccc(OC(=O)C2CCC(c3cc(F)c(C[C@@H](C)c4ccccc4)c(F)c3)CC2)cc1. The monoisotopic (exact) mass is 502 g/mol. The number of aryl methyl sites for hydroxylation is 1. The van der Waals surface area contributed by atoms with Crippen molar-refractivity contribution in [3.05, 3.63) is 113 Å². The third-order valence-corrected chi connectivity index (χ3v) is 7.55. The van der Waals surface area contributed by atoms with E-state index in [9.17, 15) is 13.6 Å². The molecule has 4 heteroatoms. The minimum Gasteiger partial charge on any atom is -0.426 e. The van der Waals surface area contributed by atoms with Crippen molar-refractivity contribution >= 4 is 5.97 Å². The Morgan fingerprint density at radius 2 is 1.62 bits per heavy atom. The van der Waals surface area contributed by atoms with E-state index in [1.165, 1.54) is 17.7 Å². The molecule has 0 saturated heterocycles. The van der Waals surface area contributed by atoms with Crippen molar-refractivity contribution < 1.29 is 18.3 Å². The number of benzene rings is 3. The quantitative estimate of drug-likeness (QED) is 0.166. The number of ether oxygens (including phenoxy) is 1. The molecule has 4 rings (SSSR count). The average Bonchev–Trinajstić information content (AvgIpc) is 2.92.